The number of para-hydroxylation sites is 1. The molecule has 170 valence electrons. The van der Waals surface area contributed by atoms with E-state index in [1.165, 1.54) is 28.6 Å². The molecule has 0 radical (unpaired) electrons. The van der Waals surface area contributed by atoms with Crippen molar-refractivity contribution in [1.82, 2.24) is 15.2 Å². The number of benzene rings is 3. The number of ether oxygens (including phenoxy) is 1. The number of carbonyl (C=O) groups excluding carboxylic acids is 2. The van der Waals surface area contributed by atoms with Gasteiger partial charge in [0.2, 0.25) is 10.0 Å². The van der Waals surface area contributed by atoms with Gasteiger partial charge in [-0.25, -0.2) is 8.42 Å². The maximum atomic E-state index is 12.6. The summed E-state index contributed by atoms with van der Waals surface area (Å²) >= 11 is 0. The number of hydrogen-bond acceptors (Lipinski definition) is 5. The Kier molecular flexibility index (Phi) is 6.71. The Morgan fingerprint density at radius 3 is 2.00 bits per heavy atom. The van der Waals surface area contributed by atoms with Crippen LogP contribution < -0.4 is 15.6 Å². The highest BCUT2D eigenvalue weighted by Crippen LogP contribution is 2.22. The van der Waals surface area contributed by atoms with Crippen LogP contribution in [-0.4, -0.2) is 37.6 Å². The third kappa shape index (κ3) is 5.39. The molecule has 2 N–H and O–H groups in total. The molecule has 0 saturated carbocycles. The smallest absolute Gasteiger partial charge is 0.269 e. The fourth-order valence-electron chi connectivity index (χ4n) is 3.44. The summed E-state index contributed by atoms with van der Waals surface area (Å²) in [5.74, 6) is 0.0359. The molecule has 1 aliphatic rings. The zero-order valence-corrected chi connectivity index (χ0v) is 18.5. The normalized spacial score (nSPS) is 13.9. The van der Waals surface area contributed by atoms with Crippen LogP contribution in [0.4, 0.5) is 0 Å². The van der Waals surface area contributed by atoms with E-state index in [0.29, 0.717) is 30.2 Å². The van der Waals surface area contributed by atoms with Gasteiger partial charge in [-0.1, -0.05) is 24.3 Å². The average Bonchev–Trinajstić information content (AvgIpc) is 3.39. The Balaban J connectivity index is 1.36. The van der Waals surface area contributed by atoms with Crippen LogP contribution >= 0.6 is 0 Å². The maximum absolute atomic E-state index is 12.6. The zero-order valence-electron chi connectivity index (χ0n) is 17.7. The minimum absolute atomic E-state index is 0.139. The minimum atomic E-state index is -3.55. The highest BCUT2D eigenvalue weighted by molar-refractivity contribution is 7.89. The quantitative estimate of drug-likeness (QED) is 0.544. The van der Waals surface area contributed by atoms with Gasteiger partial charge < -0.3 is 4.74 Å². The Hall–Kier alpha value is -3.69. The Bertz CT molecular complexity index is 1240. The molecule has 0 bridgehead atoms. The molecule has 8 nitrogen and oxygen atoms in total. The van der Waals surface area contributed by atoms with Crippen LogP contribution in [0.15, 0.2) is 83.8 Å². The van der Waals surface area contributed by atoms with Gasteiger partial charge in [-0.3, -0.25) is 20.4 Å². The van der Waals surface area contributed by atoms with Crippen LogP contribution in [0.1, 0.15) is 33.6 Å². The second-order valence-electron chi connectivity index (χ2n) is 7.49. The first-order valence-corrected chi connectivity index (χ1v) is 11.9. The number of amides is 2. The first-order valence-electron chi connectivity index (χ1n) is 10.5. The molecule has 3 aromatic carbocycles. The fraction of sp³-hybridized carbons (Fsp3) is 0.167. The highest BCUT2D eigenvalue weighted by atomic mass is 32.2. The molecule has 1 saturated heterocycles. The average molecular weight is 466 g/mol. The third-order valence-electron chi connectivity index (χ3n) is 5.18. The van der Waals surface area contributed by atoms with Crippen LogP contribution in [0.3, 0.4) is 0 Å². The number of nitrogens with one attached hydrogen (secondary N) is 2. The number of hydrogen-bond donors (Lipinski definition) is 2. The van der Waals surface area contributed by atoms with Gasteiger partial charge in [-0.05, 0) is 67.4 Å². The van der Waals surface area contributed by atoms with Crippen LogP contribution in [-0.2, 0) is 10.0 Å². The Morgan fingerprint density at radius 1 is 0.727 bits per heavy atom. The van der Waals surface area contributed by atoms with Crippen LogP contribution in [0, 0.1) is 0 Å². The van der Waals surface area contributed by atoms with Crippen molar-refractivity contribution < 1.29 is 22.7 Å². The highest BCUT2D eigenvalue weighted by Gasteiger charge is 2.27. The Labute approximate surface area is 192 Å². The lowest BCUT2D eigenvalue weighted by Gasteiger charge is -2.15. The molecule has 0 spiro atoms. The largest absolute Gasteiger partial charge is 0.457 e. The predicted molar refractivity (Wildman–Crippen MR) is 122 cm³/mol. The number of rotatable bonds is 6. The van der Waals surface area contributed by atoms with Gasteiger partial charge in [0.25, 0.3) is 11.8 Å². The molecule has 3 aromatic rings. The molecule has 0 aromatic heterocycles. The molecule has 4 rings (SSSR count). The van der Waals surface area contributed by atoms with E-state index in [1.54, 1.807) is 36.4 Å². The van der Waals surface area contributed by atoms with Gasteiger partial charge in [-0.15, -0.1) is 0 Å². The van der Waals surface area contributed by atoms with E-state index in [-0.39, 0.29) is 10.5 Å². The van der Waals surface area contributed by atoms with Crippen LogP contribution in [0.5, 0.6) is 11.5 Å². The summed E-state index contributed by atoms with van der Waals surface area (Å²) in [5, 5.41) is 0. The van der Waals surface area contributed by atoms with Gasteiger partial charge in [0.15, 0.2) is 0 Å². The molecule has 1 heterocycles. The predicted octanol–water partition coefficient (Wildman–Crippen LogP) is 3.34. The number of sulfonamides is 1. The van der Waals surface area contributed by atoms with E-state index in [1.807, 2.05) is 18.2 Å². The van der Waals surface area contributed by atoms with Crippen molar-refractivity contribution in [3.05, 3.63) is 90.0 Å². The van der Waals surface area contributed by atoms with Crippen molar-refractivity contribution in [3.8, 4) is 11.5 Å². The summed E-state index contributed by atoms with van der Waals surface area (Å²) in [6, 6.07) is 21.3. The van der Waals surface area contributed by atoms with E-state index < -0.39 is 21.8 Å². The van der Waals surface area contributed by atoms with Gasteiger partial charge in [0.1, 0.15) is 11.5 Å². The summed E-state index contributed by atoms with van der Waals surface area (Å²) in [5.41, 5.74) is 5.22. The molecule has 1 fully saturated rings. The molecule has 0 atom stereocenters. The van der Waals surface area contributed by atoms with Crippen LogP contribution in [0.25, 0.3) is 0 Å². The fourth-order valence-corrected chi connectivity index (χ4v) is 4.96. The van der Waals surface area contributed by atoms with E-state index >= 15 is 0 Å². The molecular formula is C24H23N3O5S. The number of nitrogens with zero attached hydrogens (tertiary/aromatic N) is 1. The summed E-state index contributed by atoms with van der Waals surface area (Å²) < 4.78 is 32.3. The second kappa shape index (κ2) is 9.85. The summed E-state index contributed by atoms with van der Waals surface area (Å²) in [4.78, 5) is 25.0. The molecule has 9 heteroatoms. The van der Waals surface area contributed by atoms with E-state index in [2.05, 4.69) is 10.9 Å². The second-order valence-corrected chi connectivity index (χ2v) is 9.42. The molecule has 2 amide bonds. The minimum Gasteiger partial charge on any atom is -0.457 e. The van der Waals surface area contributed by atoms with Gasteiger partial charge in [0, 0.05) is 24.2 Å². The van der Waals surface area contributed by atoms with Gasteiger partial charge in [-0.2, -0.15) is 4.31 Å². The molecular weight excluding hydrogens is 442 g/mol. The molecule has 33 heavy (non-hydrogen) atoms. The van der Waals surface area contributed by atoms with Gasteiger partial charge in [0.05, 0.1) is 4.90 Å². The van der Waals surface area contributed by atoms with Gasteiger partial charge >= 0.3 is 0 Å². The zero-order chi connectivity index (χ0) is 23.3. The van der Waals surface area contributed by atoms with Crippen molar-refractivity contribution in [2.24, 2.45) is 0 Å². The SMILES string of the molecule is O=C(NNC(=O)c1cccc(Oc2ccccc2)c1)c1ccc(S(=O)(=O)N2CCCC2)cc1. The lowest BCUT2D eigenvalue weighted by atomic mass is 10.2. The standard InChI is InChI=1S/C24H23N3O5S/c28-23(18-11-13-22(14-12-18)33(30,31)27-15-4-5-16-27)25-26-24(29)19-7-6-10-21(17-19)32-20-8-2-1-3-9-20/h1-3,6-14,17H,4-5,15-16H2,(H,25,28)(H,26,29). The Morgan fingerprint density at radius 2 is 1.33 bits per heavy atom. The lowest BCUT2D eigenvalue weighted by molar-refractivity contribution is 0.0846. The lowest BCUT2D eigenvalue weighted by Crippen LogP contribution is -2.41. The molecule has 1 aliphatic heterocycles. The summed E-state index contributed by atoms with van der Waals surface area (Å²) in [6.45, 7) is 1.02. The number of carbonyl (C=O) groups is 2. The van der Waals surface area contributed by atoms with Crippen LogP contribution in [0.2, 0.25) is 0 Å². The first-order chi connectivity index (χ1) is 15.9. The maximum Gasteiger partial charge on any atom is 0.269 e. The molecule has 0 aliphatic carbocycles. The van der Waals surface area contributed by atoms with E-state index in [9.17, 15) is 18.0 Å². The van der Waals surface area contributed by atoms with Crippen molar-refractivity contribution in [3.63, 3.8) is 0 Å². The molecule has 0 unspecified atom stereocenters. The summed E-state index contributed by atoms with van der Waals surface area (Å²) in [7, 11) is -3.55. The third-order valence-corrected chi connectivity index (χ3v) is 7.10. The van der Waals surface area contributed by atoms with Crippen molar-refractivity contribution in [1.29, 1.82) is 0 Å². The van der Waals surface area contributed by atoms with Crippen molar-refractivity contribution in [2.45, 2.75) is 17.7 Å². The number of hydrazine groups is 1. The van der Waals surface area contributed by atoms with Crippen molar-refractivity contribution in [2.75, 3.05) is 13.1 Å². The first kappa shape index (κ1) is 22.5. The summed E-state index contributed by atoms with van der Waals surface area (Å²) in [6.07, 6.45) is 1.70. The monoisotopic (exact) mass is 465 g/mol. The van der Waals surface area contributed by atoms with E-state index in [0.717, 1.165) is 12.8 Å². The van der Waals surface area contributed by atoms with E-state index in [4.69, 9.17) is 4.74 Å². The van der Waals surface area contributed by atoms with Crippen molar-refractivity contribution >= 4 is 21.8 Å². The topological polar surface area (TPSA) is 105 Å².